The minimum Gasteiger partial charge on any atom is -0.480 e. The number of nitrogens with zero attached hydrogens (tertiary/aromatic N) is 4. The van der Waals surface area contributed by atoms with Crippen LogP contribution in [0.1, 0.15) is 5.69 Å². The lowest BCUT2D eigenvalue weighted by Crippen LogP contribution is -2.46. The fourth-order valence-electron chi connectivity index (χ4n) is 3.08. The number of pyridine rings is 1. The lowest BCUT2D eigenvalue weighted by molar-refractivity contribution is -0.139. The molecule has 0 aromatic carbocycles. The van der Waals surface area contributed by atoms with Gasteiger partial charge in [0.1, 0.15) is 0 Å². The highest BCUT2D eigenvalue weighted by Gasteiger charge is 2.16. The van der Waals surface area contributed by atoms with Gasteiger partial charge in [-0.2, -0.15) is 0 Å². The molecule has 0 radical (unpaired) electrons. The van der Waals surface area contributed by atoms with Crippen LogP contribution in [0, 0.1) is 0 Å². The van der Waals surface area contributed by atoms with Crippen LogP contribution in [0.15, 0.2) is 24.4 Å². The maximum absolute atomic E-state index is 11.1. The third-order valence-corrected chi connectivity index (χ3v) is 4.50. The number of carboxylic acid groups (broad SMARTS) is 2. The van der Waals surface area contributed by atoms with Crippen LogP contribution < -0.4 is 5.32 Å². The first-order valence-electron chi connectivity index (χ1n) is 9.24. The van der Waals surface area contributed by atoms with E-state index in [2.05, 4.69) is 15.2 Å². The Kier molecular flexibility index (Phi) is 9.12. The number of rotatable bonds is 6. The molecular weight excluding hydrogens is 350 g/mol. The molecule has 2 rings (SSSR count). The van der Waals surface area contributed by atoms with Gasteiger partial charge in [0, 0.05) is 65.1 Å². The van der Waals surface area contributed by atoms with Gasteiger partial charge in [0.15, 0.2) is 0 Å². The Morgan fingerprint density at radius 3 is 1.93 bits per heavy atom. The minimum atomic E-state index is -0.828. The molecule has 1 aliphatic rings. The first-order chi connectivity index (χ1) is 13.0. The van der Waals surface area contributed by atoms with Gasteiger partial charge in [-0.1, -0.05) is 6.07 Å². The lowest BCUT2D eigenvalue weighted by Gasteiger charge is -2.30. The van der Waals surface area contributed by atoms with E-state index in [4.69, 9.17) is 10.2 Å². The summed E-state index contributed by atoms with van der Waals surface area (Å²) >= 11 is 0. The quantitative estimate of drug-likeness (QED) is 0.589. The topological polar surface area (TPSA) is 109 Å². The minimum absolute atomic E-state index is 0.0181. The predicted octanol–water partition coefficient (Wildman–Crippen LogP) is -0.740. The summed E-state index contributed by atoms with van der Waals surface area (Å²) in [6.07, 6.45) is 1.75. The second-order valence-electron chi connectivity index (χ2n) is 6.69. The molecule has 0 atom stereocenters. The van der Waals surface area contributed by atoms with Crippen molar-refractivity contribution in [1.82, 2.24) is 25.0 Å². The van der Waals surface area contributed by atoms with E-state index in [1.165, 1.54) is 0 Å². The summed E-state index contributed by atoms with van der Waals surface area (Å²) in [6, 6.07) is 5.78. The Morgan fingerprint density at radius 1 is 0.889 bits per heavy atom. The molecular formula is C18H29N5O4. The van der Waals surface area contributed by atoms with E-state index in [1.54, 1.807) is 6.20 Å². The number of aliphatic carboxylic acids is 2. The van der Waals surface area contributed by atoms with E-state index in [0.717, 1.165) is 5.69 Å². The van der Waals surface area contributed by atoms with Crippen molar-refractivity contribution in [3.63, 3.8) is 0 Å². The SMILES string of the molecule is O=C(O)CN1CCNCCN(CC(=O)O)CCN(Cc2ccccn2)CC1. The summed E-state index contributed by atoms with van der Waals surface area (Å²) in [6.45, 7) is 6.00. The van der Waals surface area contributed by atoms with Crippen LogP contribution in [-0.4, -0.2) is 107 Å². The van der Waals surface area contributed by atoms with Gasteiger partial charge in [-0.15, -0.1) is 0 Å². The lowest BCUT2D eigenvalue weighted by atomic mass is 10.3. The van der Waals surface area contributed by atoms with Crippen LogP contribution in [0.3, 0.4) is 0 Å². The van der Waals surface area contributed by atoms with Gasteiger partial charge < -0.3 is 15.5 Å². The standard InChI is InChI=1S/C18H29N5O4/c24-17(25)14-21-7-5-19-6-8-22(15-18(26)27)10-12-23(11-9-21)13-16-3-1-2-4-20-16/h1-4,19H,5-15H2,(H,24,25)(H,26,27). The summed E-state index contributed by atoms with van der Waals surface area (Å²) in [5.74, 6) is -1.66. The molecule has 0 amide bonds. The fourth-order valence-corrected chi connectivity index (χ4v) is 3.08. The molecule has 1 aromatic rings. The maximum atomic E-state index is 11.1. The van der Waals surface area contributed by atoms with Crippen LogP contribution in [0.5, 0.6) is 0 Å². The molecule has 0 spiro atoms. The molecule has 1 aliphatic heterocycles. The van der Waals surface area contributed by atoms with Crippen molar-refractivity contribution in [2.24, 2.45) is 0 Å². The van der Waals surface area contributed by atoms with Crippen molar-refractivity contribution in [3.8, 4) is 0 Å². The first kappa shape index (κ1) is 21.2. The van der Waals surface area contributed by atoms with Gasteiger partial charge >= 0.3 is 11.9 Å². The summed E-state index contributed by atoms with van der Waals surface area (Å²) < 4.78 is 0. The van der Waals surface area contributed by atoms with Gasteiger partial charge in [-0.25, -0.2) is 0 Å². The van der Waals surface area contributed by atoms with Gasteiger partial charge in [0.05, 0.1) is 18.8 Å². The van der Waals surface area contributed by atoms with Gasteiger partial charge in [0.25, 0.3) is 0 Å². The van der Waals surface area contributed by atoms with E-state index in [-0.39, 0.29) is 13.1 Å². The summed E-state index contributed by atoms with van der Waals surface area (Å²) in [5.41, 5.74) is 0.945. The van der Waals surface area contributed by atoms with Crippen molar-refractivity contribution < 1.29 is 19.8 Å². The van der Waals surface area contributed by atoms with Crippen molar-refractivity contribution in [1.29, 1.82) is 0 Å². The van der Waals surface area contributed by atoms with E-state index in [9.17, 15) is 9.59 Å². The molecule has 0 aliphatic carbocycles. The second kappa shape index (κ2) is 11.6. The summed E-state index contributed by atoms with van der Waals surface area (Å²) in [5, 5.41) is 21.5. The van der Waals surface area contributed by atoms with Crippen molar-refractivity contribution in [3.05, 3.63) is 30.1 Å². The molecule has 27 heavy (non-hydrogen) atoms. The highest BCUT2D eigenvalue weighted by atomic mass is 16.4. The number of hydrogen-bond donors (Lipinski definition) is 3. The number of hydrogen-bond acceptors (Lipinski definition) is 7. The van der Waals surface area contributed by atoms with Crippen LogP contribution in [0.2, 0.25) is 0 Å². The summed E-state index contributed by atoms with van der Waals surface area (Å²) in [4.78, 5) is 32.7. The maximum Gasteiger partial charge on any atom is 0.317 e. The largest absolute Gasteiger partial charge is 0.480 e. The molecule has 1 fully saturated rings. The average molecular weight is 379 g/mol. The molecule has 0 bridgehead atoms. The van der Waals surface area contributed by atoms with Gasteiger partial charge in [-0.05, 0) is 12.1 Å². The Morgan fingerprint density at radius 2 is 1.44 bits per heavy atom. The van der Waals surface area contributed by atoms with E-state index >= 15 is 0 Å². The van der Waals surface area contributed by atoms with Crippen molar-refractivity contribution >= 4 is 11.9 Å². The molecule has 3 N–H and O–H groups in total. The number of nitrogens with one attached hydrogen (secondary N) is 1. The second-order valence-corrected chi connectivity index (χ2v) is 6.69. The highest BCUT2D eigenvalue weighted by molar-refractivity contribution is 5.69. The predicted molar refractivity (Wildman–Crippen MR) is 101 cm³/mol. The van der Waals surface area contributed by atoms with Crippen LogP contribution >= 0.6 is 0 Å². The smallest absolute Gasteiger partial charge is 0.317 e. The van der Waals surface area contributed by atoms with E-state index in [1.807, 2.05) is 28.0 Å². The normalized spacial score (nSPS) is 19.1. The Hall–Kier alpha value is -2.07. The van der Waals surface area contributed by atoms with Gasteiger partial charge in [-0.3, -0.25) is 29.3 Å². The average Bonchev–Trinajstić information content (AvgIpc) is 2.61. The highest BCUT2D eigenvalue weighted by Crippen LogP contribution is 2.03. The molecule has 150 valence electrons. The van der Waals surface area contributed by atoms with E-state index in [0.29, 0.717) is 58.9 Å². The molecule has 1 aromatic heterocycles. The Labute approximate surface area is 159 Å². The van der Waals surface area contributed by atoms with Gasteiger partial charge in [0.2, 0.25) is 0 Å². The number of aromatic nitrogens is 1. The molecule has 9 nitrogen and oxygen atoms in total. The number of carboxylic acids is 2. The molecule has 0 unspecified atom stereocenters. The first-order valence-corrected chi connectivity index (χ1v) is 9.24. The molecule has 0 saturated carbocycles. The zero-order valence-corrected chi connectivity index (χ0v) is 15.6. The molecule has 1 saturated heterocycles. The van der Waals surface area contributed by atoms with Crippen LogP contribution in [0.4, 0.5) is 0 Å². The molecule has 2 heterocycles. The van der Waals surface area contributed by atoms with Crippen LogP contribution in [0.25, 0.3) is 0 Å². The zero-order valence-electron chi connectivity index (χ0n) is 15.6. The van der Waals surface area contributed by atoms with Crippen molar-refractivity contribution in [2.75, 3.05) is 65.4 Å². The third-order valence-electron chi connectivity index (χ3n) is 4.50. The monoisotopic (exact) mass is 379 g/mol. The van der Waals surface area contributed by atoms with E-state index < -0.39 is 11.9 Å². The Bertz CT molecular complexity index is 556. The number of carbonyl (C=O) groups is 2. The third kappa shape index (κ3) is 8.91. The fraction of sp³-hybridized carbons (Fsp3) is 0.611. The molecule has 9 heteroatoms. The summed E-state index contributed by atoms with van der Waals surface area (Å²) in [7, 11) is 0. The van der Waals surface area contributed by atoms with Crippen LogP contribution in [-0.2, 0) is 16.1 Å². The zero-order chi connectivity index (χ0) is 19.5. The van der Waals surface area contributed by atoms with Crippen molar-refractivity contribution in [2.45, 2.75) is 6.54 Å². The Balaban J connectivity index is 2.03.